The van der Waals surface area contributed by atoms with E-state index in [4.69, 9.17) is 5.11 Å². The summed E-state index contributed by atoms with van der Waals surface area (Å²) >= 11 is 1.07. The monoisotopic (exact) mass is 207 g/mol. The molecule has 2 heterocycles. The van der Waals surface area contributed by atoms with Gasteiger partial charge in [0.15, 0.2) is 0 Å². The fourth-order valence-electron chi connectivity index (χ4n) is 0.921. The highest BCUT2D eigenvalue weighted by molar-refractivity contribution is 7.11. The van der Waals surface area contributed by atoms with E-state index >= 15 is 0 Å². The molecular weight excluding hydrogens is 202 g/mol. The minimum atomic E-state index is -1.02. The van der Waals surface area contributed by atoms with Crippen molar-refractivity contribution in [2.45, 2.75) is 0 Å². The van der Waals surface area contributed by atoms with E-state index < -0.39 is 5.97 Å². The van der Waals surface area contributed by atoms with E-state index in [0.717, 1.165) is 11.3 Å². The Kier molecular flexibility index (Phi) is 2.19. The van der Waals surface area contributed by atoms with Gasteiger partial charge in [-0.1, -0.05) is 0 Å². The van der Waals surface area contributed by atoms with Crippen LogP contribution in [0.2, 0.25) is 0 Å². The molecule has 0 aliphatic heterocycles. The number of aromatic carboxylic acids is 1. The Morgan fingerprint density at radius 1 is 1.36 bits per heavy atom. The molecule has 6 heteroatoms. The van der Waals surface area contributed by atoms with Gasteiger partial charge in [-0.15, -0.1) is 11.3 Å². The van der Waals surface area contributed by atoms with Crippen LogP contribution in [0.4, 0.5) is 0 Å². The summed E-state index contributed by atoms with van der Waals surface area (Å²) in [4.78, 5) is 22.3. The molecule has 1 N–H and O–H groups in total. The Morgan fingerprint density at radius 2 is 2.21 bits per heavy atom. The van der Waals surface area contributed by atoms with Gasteiger partial charge >= 0.3 is 5.97 Å². The van der Waals surface area contributed by atoms with Gasteiger partial charge in [0.05, 0.1) is 6.20 Å². The molecule has 2 rings (SSSR count). The third-order valence-electron chi connectivity index (χ3n) is 1.51. The molecule has 0 saturated carbocycles. The van der Waals surface area contributed by atoms with Crippen molar-refractivity contribution in [3.05, 3.63) is 29.0 Å². The molecule has 0 amide bonds. The van der Waals surface area contributed by atoms with Crippen LogP contribution in [0.25, 0.3) is 11.4 Å². The first-order valence-electron chi connectivity index (χ1n) is 3.72. The number of thiazole rings is 1. The standard InChI is InChI=1S/C8H5N3O2S/c12-8(13)7-11-6(4-14-7)5-3-9-1-2-10-5/h1-4H,(H,12,13). The number of carbonyl (C=O) groups is 1. The molecule has 2 aromatic heterocycles. The van der Waals surface area contributed by atoms with Gasteiger partial charge < -0.3 is 5.11 Å². The van der Waals surface area contributed by atoms with E-state index in [9.17, 15) is 4.79 Å². The Balaban J connectivity index is 2.39. The predicted octanol–water partition coefficient (Wildman–Crippen LogP) is 1.30. The SMILES string of the molecule is O=C(O)c1nc(-c2cnccn2)cs1. The molecule has 0 unspecified atom stereocenters. The topological polar surface area (TPSA) is 76.0 Å². The van der Waals surface area contributed by atoms with Gasteiger partial charge in [-0.05, 0) is 0 Å². The summed E-state index contributed by atoms with van der Waals surface area (Å²) in [5, 5.41) is 10.4. The smallest absolute Gasteiger partial charge is 0.365 e. The van der Waals surface area contributed by atoms with Crippen LogP contribution in [-0.4, -0.2) is 26.0 Å². The van der Waals surface area contributed by atoms with Crippen molar-refractivity contribution in [2.75, 3.05) is 0 Å². The molecule has 70 valence electrons. The van der Waals surface area contributed by atoms with Gasteiger partial charge in [0.1, 0.15) is 11.4 Å². The van der Waals surface area contributed by atoms with E-state index in [1.165, 1.54) is 6.20 Å². The molecule has 14 heavy (non-hydrogen) atoms. The lowest BCUT2D eigenvalue weighted by atomic mass is 10.3. The quantitative estimate of drug-likeness (QED) is 0.803. The number of carboxylic acid groups (broad SMARTS) is 1. The fraction of sp³-hybridized carbons (Fsp3) is 0. The first-order chi connectivity index (χ1) is 6.77. The van der Waals surface area contributed by atoms with E-state index in [1.54, 1.807) is 17.8 Å². The third kappa shape index (κ3) is 1.60. The van der Waals surface area contributed by atoms with Crippen LogP contribution < -0.4 is 0 Å². The molecule has 0 saturated heterocycles. The van der Waals surface area contributed by atoms with Crippen LogP contribution in [-0.2, 0) is 0 Å². The first kappa shape index (κ1) is 8.76. The van der Waals surface area contributed by atoms with Gasteiger partial charge in [-0.3, -0.25) is 9.97 Å². The summed E-state index contributed by atoms with van der Waals surface area (Å²) in [7, 11) is 0. The Hall–Kier alpha value is -1.82. The minimum absolute atomic E-state index is 0.0608. The second-order valence-electron chi connectivity index (χ2n) is 2.43. The molecule has 0 aliphatic rings. The second kappa shape index (κ2) is 3.51. The lowest BCUT2D eigenvalue weighted by molar-refractivity contribution is 0.0696. The van der Waals surface area contributed by atoms with E-state index in [-0.39, 0.29) is 5.01 Å². The van der Waals surface area contributed by atoms with Crippen LogP contribution >= 0.6 is 11.3 Å². The number of carboxylic acids is 1. The Morgan fingerprint density at radius 3 is 2.79 bits per heavy atom. The van der Waals surface area contributed by atoms with Crippen LogP contribution in [0.3, 0.4) is 0 Å². The average Bonchev–Trinajstić information content (AvgIpc) is 2.68. The Bertz CT molecular complexity index is 455. The van der Waals surface area contributed by atoms with Gasteiger partial charge in [0.25, 0.3) is 0 Å². The first-order valence-corrected chi connectivity index (χ1v) is 4.60. The molecule has 0 spiro atoms. The van der Waals surface area contributed by atoms with Gasteiger partial charge in [0, 0.05) is 17.8 Å². The highest BCUT2D eigenvalue weighted by Crippen LogP contribution is 2.18. The zero-order valence-electron chi connectivity index (χ0n) is 6.91. The van der Waals surface area contributed by atoms with Crippen LogP contribution in [0, 0.1) is 0 Å². The average molecular weight is 207 g/mol. The van der Waals surface area contributed by atoms with Crippen LogP contribution in [0.15, 0.2) is 24.0 Å². The number of rotatable bonds is 2. The van der Waals surface area contributed by atoms with Crippen molar-refractivity contribution in [2.24, 2.45) is 0 Å². The minimum Gasteiger partial charge on any atom is -0.476 e. The normalized spacial score (nSPS) is 10.0. The van der Waals surface area contributed by atoms with Crippen molar-refractivity contribution >= 4 is 17.3 Å². The van der Waals surface area contributed by atoms with Crippen LogP contribution in [0.1, 0.15) is 9.80 Å². The molecule has 0 radical (unpaired) electrons. The fourth-order valence-corrected chi connectivity index (χ4v) is 1.57. The maximum absolute atomic E-state index is 10.6. The summed E-state index contributed by atoms with van der Waals surface area (Å²) in [6.07, 6.45) is 4.63. The summed E-state index contributed by atoms with van der Waals surface area (Å²) in [5.74, 6) is -1.02. The number of hydrogen-bond acceptors (Lipinski definition) is 5. The van der Waals surface area contributed by atoms with Crippen LogP contribution in [0.5, 0.6) is 0 Å². The van der Waals surface area contributed by atoms with E-state index in [1.807, 2.05) is 0 Å². The predicted molar refractivity (Wildman–Crippen MR) is 50.1 cm³/mol. The molecule has 0 bridgehead atoms. The van der Waals surface area contributed by atoms with Gasteiger partial charge in [0.2, 0.25) is 5.01 Å². The van der Waals surface area contributed by atoms with Gasteiger partial charge in [-0.25, -0.2) is 9.78 Å². The molecular formula is C8H5N3O2S. The molecule has 5 nitrogen and oxygen atoms in total. The maximum Gasteiger partial charge on any atom is 0.365 e. The lowest BCUT2D eigenvalue weighted by Crippen LogP contribution is -1.94. The Labute approximate surface area is 83.1 Å². The highest BCUT2D eigenvalue weighted by atomic mass is 32.1. The number of hydrogen-bond donors (Lipinski definition) is 1. The zero-order valence-corrected chi connectivity index (χ0v) is 7.73. The second-order valence-corrected chi connectivity index (χ2v) is 3.29. The maximum atomic E-state index is 10.6. The van der Waals surface area contributed by atoms with Crippen molar-refractivity contribution in [1.29, 1.82) is 0 Å². The lowest BCUT2D eigenvalue weighted by Gasteiger charge is -1.91. The van der Waals surface area contributed by atoms with E-state index in [2.05, 4.69) is 15.0 Å². The highest BCUT2D eigenvalue weighted by Gasteiger charge is 2.10. The number of nitrogens with zero attached hydrogens (tertiary/aromatic N) is 3. The summed E-state index contributed by atoms with van der Waals surface area (Å²) < 4.78 is 0. The van der Waals surface area contributed by atoms with Crippen molar-refractivity contribution in [3.63, 3.8) is 0 Å². The summed E-state index contributed by atoms with van der Waals surface area (Å²) in [6, 6.07) is 0. The largest absolute Gasteiger partial charge is 0.476 e. The number of aromatic nitrogens is 3. The van der Waals surface area contributed by atoms with E-state index in [0.29, 0.717) is 11.4 Å². The zero-order chi connectivity index (χ0) is 9.97. The molecule has 0 aromatic carbocycles. The summed E-state index contributed by atoms with van der Waals surface area (Å²) in [5.41, 5.74) is 1.12. The van der Waals surface area contributed by atoms with Crippen molar-refractivity contribution < 1.29 is 9.90 Å². The molecule has 2 aromatic rings. The van der Waals surface area contributed by atoms with Crippen molar-refractivity contribution in [3.8, 4) is 11.4 Å². The molecule has 0 fully saturated rings. The van der Waals surface area contributed by atoms with Gasteiger partial charge in [-0.2, -0.15) is 0 Å². The third-order valence-corrected chi connectivity index (χ3v) is 2.34. The molecule has 0 aliphatic carbocycles. The van der Waals surface area contributed by atoms with Crippen molar-refractivity contribution in [1.82, 2.24) is 15.0 Å². The molecule has 0 atom stereocenters. The summed E-state index contributed by atoms with van der Waals surface area (Å²) in [6.45, 7) is 0.